The Bertz CT molecular complexity index is 428. The van der Waals surface area contributed by atoms with Crippen LogP contribution in [0.1, 0.15) is 37.6 Å². The fourth-order valence-electron chi connectivity index (χ4n) is 2.07. The van der Waals surface area contributed by atoms with Crippen LogP contribution in [0.25, 0.3) is 0 Å². The third-order valence-electron chi connectivity index (χ3n) is 3.41. The first-order valence-electron chi connectivity index (χ1n) is 7.70. The molecule has 0 aromatic carbocycles. The molecule has 6 nitrogen and oxygen atoms in total. The average molecular weight is 423 g/mol. The topological polar surface area (TPSA) is 65.7 Å². The molecule has 0 fully saturated rings. The van der Waals surface area contributed by atoms with E-state index in [9.17, 15) is 0 Å². The predicted octanol–water partition coefficient (Wildman–Crippen LogP) is 2.31. The molecule has 1 rings (SSSR count). The van der Waals surface area contributed by atoms with Gasteiger partial charge in [0, 0.05) is 20.1 Å². The van der Waals surface area contributed by atoms with Crippen LogP contribution in [0.3, 0.4) is 0 Å². The molecule has 0 atom stereocenters. The van der Waals surface area contributed by atoms with Gasteiger partial charge in [0.1, 0.15) is 5.76 Å². The summed E-state index contributed by atoms with van der Waals surface area (Å²) in [5.74, 6) is 2.33. The largest absolute Gasteiger partial charge is 0.444 e. The van der Waals surface area contributed by atoms with E-state index in [0.29, 0.717) is 12.4 Å². The number of halogens is 1. The zero-order valence-electron chi connectivity index (χ0n) is 14.4. The van der Waals surface area contributed by atoms with Crippen LogP contribution in [0.4, 0.5) is 0 Å². The second kappa shape index (κ2) is 11.7. The molecular weight excluding hydrogens is 393 g/mol. The van der Waals surface area contributed by atoms with Crippen molar-refractivity contribution in [2.24, 2.45) is 4.99 Å². The van der Waals surface area contributed by atoms with E-state index in [0.717, 1.165) is 43.6 Å². The van der Waals surface area contributed by atoms with Crippen molar-refractivity contribution < 1.29 is 4.42 Å². The summed E-state index contributed by atoms with van der Waals surface area (Å²) in [5.41, 5.74) is 0.938. The molecule has 0 spiro atoms. The highest BCUT2D eigenvalue weighted by atomic mass is 127. The van der Waals surface area contributed by atoms with Crippen molar-refractivity contribution in [1.82, 2.24) is 20.5 Å². The maximum atomic E-state index is 5.54. The van der Waals surface area contributed by atoms with Gasteiger partial charge in [-0.1, -0.05) is 13.8 Å². The maximum absolute atomic E-state index is 5.54. The summed E-state index contributed by atoms with van der Waals surface area (Å²) in [5, 5.41) is 6.53. The predicted molar refractivity (Wildman–Crippen MR) is 102 cm³/mol. The van der Waals surface area contributed by atoms with Gasteiger partial charge in [-0.15, -0.1) is 24.0 Å². The lowest BCUT2D eigenvalue weighted by molar-refractivity contribution is 0.293. The van der Waals surface area contributed by atoms with Crippen molar-refractivity contribution in [3.63, 3.8) is 0 Å². The molecule has 2 N–H and O–H groups in total. The number of nitrogens with zero attached hydrogens (tertiary/aromatic N) is 3. The van der Waals surface area contributed by atoms with E-state index in [1.165, 1.54) is 6.42 Å². The van der Waals surface area contributed by atoms with Gasteiger partial charge in [0.05, 0.1) is 12.2 Å². The van der Waals surface area contributed by atoms with Crippen LogP contribution in [0.5, 0.6) is 0 Å². The van der Waals surface area contributed by atoms with E-state index < -0.39 is 0 Å². The van der Waals surface area contributed by atoms with E-state index in [1.807, 2.05) is 13.8 Å². The molecule has 0 saturated heterocycles. The normalized spacial score (nSPS) is 11.5. The minimum absolute atomic E-state index is 0. The molecule has 0 bridgehead atoms. The van der Waals surface area contributed by atoms with Crippen LogP contribution in [-0.4, -0.2) is 49.1 Å². The molecule has 0 radical (unpaired) electrons. The summed E-state index contributed by atoms with van der Waals surface area (Å²) < 4.78 is 5.54. The minimum atomic E-state index is 0. The molecular formula is C15H30IN5O. The van der Waals surface area contributed by atoms with Crippen molar-refractivity contribution in [3.8, 4) is 0 Å². The Hall–Kier alpha value is -0.830. The number of aliphatic imine (C=N–C) groups is 1. The van der Waals surface area contributed by atoms with Crippen LogP contribution >= 0.6 is 24.0 Å². The third-order valence-corrected chi connectivity index (χ3v) is 3.41. The number of aromatic nitrogens is 1. The van der Waals surface area contributed by atoms with Crippen LogP contribution in [0.2, 0.25) is 0 Å². The fraction of sp³-hybridized carbons (Fsp3) is 0.733. The van der Waals surface area contributed by atoms with Crippen molar-refractivity contribution in [3.05, 3.63) is 17.3 Å². The van der Waals surface area contributed by atoms with Gasteiger partial charge in [-0.2, -0.15) is 0 Å². The van der Waals surface area contributed by atoms with Crippen molar-refractivity contribution in [2.45, 2.75) is 40.7 Å². The van der Waals surface area contributed by atoms with Crippen LogP contribution < -0.4 is 10.6 Å². The van der Waals surface area contributed by atoms with E-state index in [2.05, 4.69) is 39.4 Å². The van der Waals surface area contributed by atoms with Gasteiger partial charge in [0.15, 0.2) is 5.96 Å². The first-order valence-corrected chi connectivity index (χ1v) is 7.70. The van der Waals surface area contributed by atoms with Crippen LogP contribution in [0, 0.1) is 13.8 Å². The summed E-state index contributed by atoms with van der Waals surface area (Å²) in [6, 6.07) is 0. The molecule has 0 aliphatic rings. The van der Waals surface area contributed by atoms with Crippen LogP contribution in [0.15, 0.2) is 9.41 Å². The number of hydrogen-bond donors (Lipinski definition) is 2. The highest BCUT2D eigenvalue weighted by Crippen LogP contribution is 2.07. The number of aryl methyl sites for hydroxylation is 2. The second-order valence-electron chi connectivity index (χ2n) is 5.04. The van der Waals surface area contributed by atoms with Crippen LogP contribution in [-0.2, 0) is 6.54 Å². The molecule has 1 heterocycles. The highest BCUT2D eigenvalue weighted by Gasteiger charge is 2.06. The quantitative estimate of drug-likeness (QED) is 0.382. The Morgan fingerprint density at radius 3 is 2.45 bits per heavy atom. The Kier molecular flexibility index (Phi) is 11.3. The first-order chi connectivity index (χ1) is 10.1. The summed E-state index contributed by atoms with van der Waals surface area (Å²) in [4.78, 5) is 11.0. The molecule has 0 aliphatic heterocycles. The van der Waals surface area contributed by atoms with E-state index in [1.54, 1.807) is 7.05 Å². The summed E-state index contributed by atoms with van der Waals surface area (Å²) in [7, 11) is 1.77. The number of nitrogens with one attached hydrogen (secondary N) is 2. The third kappa shape index (κ3) is 7.44. The molecule has 1 aromatic rings. The van der Waals surface area contributed by atoms with Crippen molar-refractivity contribution in [1.29, 1.82) is 0 Å². The van der Waals surface area contributed by atoms with Gasteiger partial charge in [-0.3, -0.25) is 4.99 Å². The van der Waals surface area contributed by atoms with Gasteiger partial charge < -0.3 is 20.0 Å². The van der Waals surface area contributed by atoms with E-state index >= 15 is 0 Å². The SMILES string of the molecule is CCCN(CC)CCNC(=NC)NCc1nc(C)c(C)o1.I. The fourth-order valence-corrected chi connectivity index (χ4v) is 2.07. The second-order valence-corrected chi connectivity index (χ2v) is 5.04. The summed E-state index contributed by atoms with van der Waals surface area (Å²) >= 11 is 0. The Morgan fingerprint density at radius 1 is 1.23 bits per heavy atom. The Labute approximate surface area is 151 Å². The van der Waals surface area contributed by atoms with Gasteiger partial charge in [0.25, 0.3) is 0 Å². The minimum Gasteiger partial charge on any atom is -0.444 e. The standard InChI is InChI=1S/C15H29N5O.HI/c1-6-9-20(7-2)10-8-17-15(16-5)18-11-14-19-12(3)13(4)21-14;/h6-11H2,1-5H3,(H2,16,17,18);1H. The number of guanidine groups is 1. The monoisotopic (exact) mass is 423 g/mol. The Balaban J connectivity index is 0.00000441. The zero-order chi connectivity index (χ0) is 15.7. The summed E-state index contributed by atoms with van der Waals surface area (Å²) in [6.07, 6.45) is 1.18. The highest BCUT2D eigenvalue weighted by molar-refractivity contribution is 14.0. The lowest BCUT2D eigenvalue weighted by Gasteiger charge is -2.20. The number of hydrogen-bond acceptors (Lipinski definition) is 4. The molecule has 1 aromatic heterocycles. The van der Waals surface area contributed by atoms with Gasteiger partial charge in [-0.05, 0) is 33.4 Å². The van der Waals surface area contributed by atoms with Gasteiger partial charge in [0.2, 0.25) is 5.89 Å². The Morgan fingerprint density at radius 2 is 1.95 bits per heavy atom. The van der Waals surface area contributed by atoms with Gasteiger partial charge in [-0.25, -0.2) is 4.98 Å². The molecule has 7 heteroatoms. The van der Waals surface area contributed by atoms with Crippen molar-refractivity contribution >= 4 is 29.9 Å². The molecule has 0 aliphatic carbocycles. The molecule has 128 valence electrons. The van der Waals surface area contributed by atoms with Gasteiger partial charge >= 0.3 is 0 Å². The molecule has 0 amide bonds. The maximum Gasteiger partial charge on any atom is 0.214 e. The number of likely N-dealkylation sites (N-methyl/N-ethyl adjacent to an activating group) is 1. The van der Waals surface area contributed by atoms with E-state index in [4.69, 9.17) is 4.42 Å². The summed E-state index contributed by atoms with van der Waals surface area (Å²) in [6.45, 7) is 12.9. The lowest BCUT2D eigenvalue weighted by Crippen LogP contribution is -2.41. The molecule has 22 heavy (non-hydrogen) atoms. The zero-order valence-corrected chi connectivity index (χ0v) is 16.7. The lowest BCUT2D eigenvalue weighted by atomic mass is 10.4. The molecule has 0 unspecified atom stereocenters. The number of oxazole rings is 1. The smallest absolute Gasteiger partial charge is 0.214 e. The first kappa shape index (κ1) is 21.2. The average Bonchev–Trinajstić information content (AvgIpc) is 2.80. The van der Waals surface area contributed by atoms with Crippen molar-refractivity contribution in [2.75, 3.05) is 33.2 Å². The molecule has 0 saturated carbocycles. The number of rotatable bonds is 8. The van der Waals surface area contributed by atoms with E-state index in [-0.39, 0.29) is 24.0 Å².